The van der Waals surface area contributed by atoms with E-state index in [4.69, 9.17) is 16.3 Å². The number of phenolic OH excluding ortho intramolecular Hbond substituents is 1. The number of aromatic nitrogens is 2. The number of aryl methyl sites for hydroxylation is 1. The average molecular weight is 528 g/mol. The van der Waals surface area contributed by atoms with Crippen LogP contribution in [0.25, 0.3) is 22.4 Å². The van der Waals surface area contributed by atoms with Gasteiger partial charge < -0.3 is 9.84 Å². The molecule has 0 aliphatic rings. The minimum Gasteiger partial charge on any atom is -0.507 e. The third kappa shape index (κ3) is 5.80. The van der Waals surface area contributed by atoms with Gasteiger partial charge >= 0.3 is 6.18 Å². The number of rotatable bonds is 7. The van der Waals surface area contributed by atoms with Crippen molar-refractivity contribution in [1.29, 1.82) is 0 Å². The molecule has 0 saturated carbocycles. The van der Waals surface area contributed by atoms with E-state index in [-0.39, 0.29) is 29.2 Å². The van der Waals surface area contributed by atoms with Crippen molar-refractivity contribution in [3.63, 3.8) is 0 Å². The Morgan fingerprint density at radius 3 is 2.32 bits per heavy atom. The van der Waals surface area contributed by atoms with Crippen molar-refractivity contribution in [2.75, 3.05) is 6.54 Å². The van der Waals surface area contributed by atoms with Gasteiger partial charge in [-0.25, -0.2) is 0 Å². The Bertz CT molecular complexity index is 1430. The Balaban J connectivity index is 1.73. The smallest absolute Gasteiger partial charge is 0.435 e. The Morgan fingerprint density at radius 2 is 1.73 bits per heavy atom. The molecule has 0 spiro atoms. The minimum atomic E-state index is -4.69. The molecule has 0 aliphatic heterocycles. The van der Waals surface area contributed by atoms with Crippen LogP contribution in [0.5, 0.6) is 11.5 Å². The largest absolute Gasteiger partial charge is 0.507 e. The van der Waals surface area contributed by atoms with Gasteiger partial charge in [-0.05, 0) is 54.8 Å². The number of phenols is 1. The summed E-state index contributed by atoms with van der Waals surface area (Å²) in [6.07, 6.45) is -4.69. The highest BCUT2D eigenvalue weighted by atomic mass is 35.5. The van der Waals surface area contributed by atoms with Crippen LogP contribution in [0.4, 0.5) is 13.2 Å². The van der Waals surface area contributed by atoms with Crippen molar-refractivity contribution in [3.05, 3.63) is 88.6 Å². The molecule has 0 saturated heterocycles. The van der Waals surface area contributed by atoms with Gasteiger partial charge in [-0.15, -0.1) is 0 Å². The Labute approximate surface area is 217 Å². The lowest BCUT2D eigenvalue weighted by Crippen LogP contribution is -2.08. The number of ether oxygens (including phenoxy) is 1. The van der Waals surface area contributed by atoms with Crippen LogP contribution in [0.1, 0.15) is 30.7 Å². The van der Waals surface area contributed by atoms with Crippen molar-refractivity contribution in [2.45, 2.75) is 26.6 Å². The van der Waals surface area contributed by atoms with Crippen LogP contribution in [0.3, 0.4) is 0 Å². The maximum absolute atomic E-state index is 14.0. The SMILES string of the molecule is CCN=C(C)c1ccc(-c2c(C(F)(F)F)nn(C)c2-c2ccc(OCc3ccc(Cl)cc3)cc2O)cc1. The fraction of sp³-hybridized carbons (Fsp3) is 0.214. The third-order valence-corrected chi connectivity index (χ3v) is 6.10. The number of halogens is 4. The Morgan fingerprint density at radius 1 is 1.05 bits per heavy atom. The molecular formula is C28H25ClF3N3O2. The highest BCUT2D eigenvalue weighted by Gasteiger charge is 2.40. The van der Waals surface area contributed by atoms with Crippen LogP contribution in [0, 0.1) is 0 Å². The van der Waals surface area contributed by atoms with Crippen molar-refractivity contribution in [3.8, 4) is 33.9 Å². The fourth-order valence-electron chi connectivity index (χ4n) is 4.06. The molecule has 0 atom stereocenters. The number of benzene rings is 3. The number of aliphatic imine (C=N–C) groups is 1. The quantitative estimate of drug-likeness (QED) is 0.253. The molecule has 192 valence electrons. The first-order chi connectivity index (χ1) is 17.6. The molecule has 1 heterocycles. The van der Waals surface area contributed by atoms with Crippen LogP contribution >= 0.6 is 11.6 Å². The van der Waals surface area contributed by atoms with Gasteiger partial charge in [-0.1, -0.05) is 48.0 Å². The standard InChI is InChI=1S/C28H25ClF3N3O2/c1-4-33-17(2)19-7-9-20(10-8-19)25-26(35(3)34-27(25)28(30,31)32)23-14-13-22(15-24(23)36)37-16-18-5-11-21(29)12-6-18/h5-15,36H,4,16H2,1-3H3. The van der Waals surface area contributed by atoms with E-state index in [1.54, 1.807) is 42.5 Å². The molecular weight excluding hydrogens is 503 g/mol. The molecule has 0 fully saturated rings. The zero-order valence-electron chi connectivity index (χ0n) is 20.5. The molecule has 4 aromatic rings. The maximum Gasteiger partial charge on any atom is 0.435 e. The summed E-state index contributed by atoms with van der Waals surface area (Å²) in [5.74, 6) is 0.139. The van der Waals surface area contributed by atoms with Gasteiger partial charge in [0.05, 0.1) is 5.69 Å². The summed E-state index contributed by atoms with van der Waals surface area (Å²) >= 11 is 5.90. The zero-order chi connectivity index (χ0) is 26.7. The van der Waals surface area contributed by atoms with Gasteiger partial charge in [0.25, 0.3) is 0 Å². The van der Waals surface area contributed by atoms with Crippen LogP contribution in [0.15, 0.2) is 71.7 Å². The fourth-order valence-corrected chi connectivity index (χ4v) is 4.19. The van der Waals surface area contributed by atoms with E-state index in [2.05, 4.69) is 10.1 Å². The van der Waals surface area contributed by atoms with E-state index in [9.17, 15) is 18.3 Å². The number of alkyl halides is 3. The first-order valence-corrected chi connectivity index (χ1v) is 11.9. The molecule has 3 aromatic carbocycles. The van der Waals surface area contributed by atoms with Crippen LogP contribution in [0.2, 0.25) is 5.02 Å². The second kappa shape index (κ2) is 10.7. The van der Waals surface area contributed by atoms with Gasteiger partial charge in [0.1, 0.15) is 18.1 Å². The van der Waals surface area contributed by atoms with Gasteiger partial charge in [-0.3, -0.25) is 9.67 Å². The first kappa shape index (κ1) is 26.3. The van der Waals surface area contributed by atoms with Crippen molar-refractivity contribution >= 4 is 17.3 Å². The maximum atomic E-state index is 14.0. The lowest BCUT2D eigenvalue weighted by Gasteiger charge is -2.13. The summed E-state index contributed by atoms with van der Waals surface area (Å²) in [6, 6.07) is 18.3. The Hall–Kier alpha value is -3.78. The lowest BCUT2D eigenvalue weighted by molar-refractivity contribution is -0.140. The molecule has 5 nitrogen and oxygen atoms in total. The normalized spacial score (nSPS) is 12.1. The molecule has 0 amide bonds. The van der Waals surface area contributed by atoms with Gasteiger partial charge in [0, 0.05) is 41.5 Å². The summed E-state index contributed by atoms with van der Waals surface area (Å²) in [5.41, 5.74) is 2.01. The molecule has 0 unspecified atom stereocenters. The van der Waals surface area contributed by atoms with E-state index in [0.29, 0.717) is 22.9 Å². The predicted octanol–water partition coefficient (Wildman–Crippen LogP) is 7.54. The molecule has 0 aliphatic carbocycles. The Kier molecular flexibility index (Phi) is 7.59. The molecule has 1 N–H and O–H groups in total. The summed E-state index contributed by atoms with van der Waals surface area (Å²) in [7, 11) is 1.42. The number of nitrogens with zero attached hydrogens (tertiary/aromatic N) is 3. The van der Waals surface area contributed by atoms with Gasteiger partial charge in [-0.2, -0.15) is 18.3 Å². The first-order valence-electron chi connectivity index (χ1n) is 11.5. The molecule has 0 radical (unpaired) electrons. The highest BCUT2D eigenvalue weighted by Crippen LogP contribution is 2.44. The lowest BCUT2D eigenvalue weighted by atomic mass is 9.96. The van der Waals surface area contributed by atoms with E-state index >= 15 is 0 Å². The van der Waals surface area contributed by atoms with Crippen molar-refractivity contribution in [1.82, 2.24) is 9.78 Å². The third-order valence-electron chi connectivity index (χ3n) is 5.85. The van der Waals surface area contributed by atoms with Crippen molar-refractivity contribution in [2.24, 2.45) is 12.0 Å². The van der Waals surface area contributed by atoms with Crippen LogP contribution in [-0.2, 0) is 19.8 Å². The number of aromatic hydroxyl groups is 1. The monoisotopic (exact) mass is 527 g/mol. The second-order valence-electron chi connectivity index (χ2n) is 8.42. The van der Waals surface area contributed by atoms with Crippen LogP contribution in [-0.4, -0.2) is 27.1 Å². The second-order valence-corrected chi connectivity index (χ2v) is 8.86. The molecule has 1 aromatic heterocycles. The summed E-state index contributed by atoms with van der Waals surface area (Å²) in [4.78, 5) is 4.35. The summed E-state index contributed by atoms with van der Waals surface area (Å²) in [5, 5.41) is 15.2. The molecule has 37 heavy (non-hydrogen) atoms. The van der Waals surface area contributed by atoms with E-state index in [1.165, 1.54) is 19.2 Å². The predicted molar refractivity (Wildman–Crippen MR) is 139 cm³/mol. The van der Waals surface area contributed by atoms with Gasteiger partial charge in [0.15, 0.2) is 5.69 Å². The average Bonchev–Trinajstić information content (AvgIpc) is 3.21. The summed E-state index contributed by atoms with van der Waals surface area (Å²) < 4.78 is 48.9. The minimum absolute atomic E-state index is 0.114. The molecule has 9 heteroatoms. The van der Waals surface area contributed by atoms with Gasteiger partial charge in [0.2, 0.25) is 0 Å². The zero-order valence-corrected chi connectivity index (χ0v) is 21.2. The van der Waals surface area contributed by atoms with E-state index in [0.717, 1.165) is 21.5 Å². The molecule has 4 rings (SSSR count). The summed E-state index contributed by atoms with van der Waals surface area (Å²) in [6.45, 7) is 4.61. The molecule has 0 bridgehead atoms. The topological polar surface area (TPSA) is 59.6 Å². The van der Waals surface area contributed by atoms with Crippen LogP contribution < -0.4 is 4.74 Å². The highest BCUT2D eigenvalue weighted by molar-refractivity contribution is 6.30. The number of hydrogen-bond acceptors (Lipinski definition) is 4. The van der Waals surface area contributed by atoms with E-state index in [1.807, 2.05) is 26.0 Å². The number of hydrogen-bond donors (Lipinski definition) is 1. The van der Waals surface area contributed by atoms with Crippen molar-refractivity contribution < 1.29 is 23.0 Å². The van der Waals surface area contributed by atoms with E-state index < -0.39 is 11.9 Å².